The third kappa shape index (κ3) is 4.32. The summed E-state index contributed by atoms with van der Waals surface area (Å²) in [6.45, 7) is 6.25. The Morgan fingerprint density at radius 2 is 1.81 bits per heavy atom. The number of nitrogens with one attached hydrogen (secondary N) is 1. The number of ether oxygens (including phenoxy) is 1. The van der Waals surface area contributed by atoms with Gasteiger partial charge < -0.3 is 10.1 Å². The van der Waals surface area contributed by atoms with Crippen molar-refractivity contribution in [2.24, 2.45) is 0 Å². The predicted octanol–water partition coefficient (Wildman–Crippen LogP) is 4.53. The highest BCUT2D eigenvalue weighted by atomic mass is 79.9. The molecule has 2 nitrogen and oxygen atoms in total. The lowest BCUT2D eigenvalue weighted by Crippen LogP contribution is -2.32. The zero-order chi connectivity index (χ0) is 15.3. The summed E-state index contributed by atoms with van der Waals surface area (Å²) < 4.78 is 6.38. The van der Waals surface area contributed by atoms with E-state index in [1.807, 2.05) is 12.1 Å². The Morgan fingerprint density at radius 3 is 2.48 bits per heavy atom. The van der Waals surface area contributed by atoms with Crippen LogP contribution in [0.25, 0.3) is 0 Å². The molecule has 0 aliphatic heterocycles. The second-order valence-corrected chi connectivity index (χ2v) is 6.67. The van der Waals surface area contributed by atoms with Gasteiger partial charge in [-0.3, -0.25) is 0 Å². The summed E-state index contributed by atoms with van der Waals surface area (Å²) in [6.07, 6.45) is 0. The molecular weight excluding hydrogens is 326 g/mol. The molecule has 0 fully saturated rings. The van der Waals surface area contributed by atoms with Crippen molar-refractivity contribution in [2.75, 3.05) is 13.7 Å². The fraction of sp³-hybridized carbons (Fsp3) is 0.333. The van der Waals surface area contributed by atoms with E-state index in [9.17, 15) is 0 Å². The van der Waals surface area contributed by atoms with Crippen molar-refractivity contribution < 1.29 is 4.74 Å². The van der Waals surface area contributed by atoms with Gasteiger partial charge in [-0.2, -0.15) is 0 Å². The molecule has 2 aromatic carbocycles. The van der Waals surface area contributed by atoms with Crippen molar-refractivity contribution in [1.82, 2.24) is 5.32 Å². The van der Waals surface area contributed by atoms with Crippen molar-refractivity contribution in [3.05, 3.63) is 64.1 Å². The van der Waals surface area contributed by atoms with Crippen molar-refractivity contribution in [3.8, 4) is 5.75 Å². The lowest BCUT2D eigenvalue weighted by Gasteiger charge is -2.26. The van der Waals surface area contributed by atoms with Crippen LogP contribution in [0.1, 0.15) is 25.0 Å². The van der Waals surface area contributed by atoms with Crippen LogP contribution in [-0.2, 0) is 12.0 Å². The molecule has 0 saturated carbocycles. The Morgan fingerprint density at radius 1 is 1.10 bits per heavy atom. The number of hydrogen-bond acceptors (Lipinski definition) is 2. The van der Waals surface area contributed by atoms with Gasteiger partial charge in [0.2, 0.25) is 0 Å². The summed E-state index contributed by atoms with van der Waals surface area (Å²) in [5, 5.41) is 3.55. The Bertz CT molecular complexity index is 581. The summed E-state index contributed by atoms with van der Waals surface area (Å²) in [6, 6.07) is 16.7. The third-order valence-electron chi connectivity index (χ3n) is 3.69. The molecule has 0 aromatic heterocycles. The number of rotatable bonds is 6. The Hall–Kier alpha value is -1.32. The molecule has 112 valence electrons. The van der Waals surface area contributed by atoms with Crippen LogP contribution in [0.3, 0.4) is 0 Å². The summed E-state index contributed by atoms with van der Waals surface area (Å²) in [7, 11) is 1.69. The summed E-state index contributed by atoms with van der Waals surface area (Å²) in [5.41, 5.74) is 2.66. The highest BCUT2D eigenvalue weighted by Crippen LogP contribution is 2.24. The van der Waals surface area contributed by atoms with Crippen LogP contribution in [0.15, 0.2) is 53.0 Å². The maximum atomic E-state index is 5.28. The number of hydrogen-bond donors (Lipinski definition) is 1. The van der Waals surface area contributed by atoms with Crippen molar-refractivity contribution >= 4 is 15.9 Å². The van der Waals surface area contributed by atoms with E-state index in [0.717, 1.165) is 23.3 Å². The molecule has 21 heavy (non-hydrogen) atoms. The van der Waals surface area contributed by atoms with Crippen LogP contribution < -0.4 is 10.1 Å². The Balaban J connectivity index is 1.98. The Kier molecular flexibility index (Phi) is 5.43. The molecule has 0 atom stereocenters. The van der Waals surface area contributed by atoms with Gasteiger partial charge in [-0.05, 0) is 29.3 Å². The van der Waals surface area contributed by atoms with Gasteiger partial charge in [0.15, 0.2) is 0 Å². The molecule has 3 heteroatoms. The molecule has 2 rings (SSSR count). The zero-order valence-corrected chi connectivity index (χ0v) is 14.4. The average molecular weight is 348 g/mol. The van der Waals surface area contributed by atoms with Crippen molar-refractivity contribution in [3.63, 3.8) is 0 Å². The summed E-state index contributed by atoms with van der Waals surface area (Å²) >= 11 is 3.59. The topological polar surface area (TPSA) is 21.3 Å². The van der Waals surface area contributed by atoms with E-state index in [2.05, 4.69) is 71.5 Å². The first-order chi connectivity index (χ1) is 10.0. The molecule has 0 aliphatic carbocycles. The standard InChI is InChI=1S/C18H22BrNO/c1-18(2,15-7-5-4-6-8-15)13-20-12-14-11-16(21-3)9-10-17(14)19/h4-11,20H,12-13H2,1-3H3. The van der Waals surface area contributed by atoms with Gasteiger partial charge in [0.1, 0.15) is 5.75 Å². The number of methoxy groups -OCH3 is 1. The van der Waals surface area contributed by atoms with E-state index in [1.54, 1.807) is 7.11 Å². The first-order valence-electron chi connectivity index (χ1n) is 7.11. The monoisotopic (exact) mass is 347 g/mol. The van der Waals surface area contributed by atoms with Crippen molar-refractivity contribution in [2.45, 2.75) is 25.8 Å². The van der Waals surface area contributed by atoms with Gasteiger partial charge in [0.05, 0.1) is 7.11 Å². The summed E-state index contributed by atoms with van der Waals surface area (Å²) in [4.78, 5) is 0. The number of halogens is 1. The smallest absolute Gasteiger partial charge is 0.119 e. The predicted molar refractivity (Wildman–Crippen MR) is 91.9 cm³/mol. The van der Waals surface area contributed by atoms with Crippen LogP contribution in [0.2, 0.25) is 0 Å². The van der Waals surface area contributed by atoms with E-state index in [-0.39, 0.29) is 5.41 Å². The molecule has 2 aromatic rings. The third-order valence-corrected chi connectivity index (χ3v) is 4.46. The number of benzene rings is 2. The molecule has 0 spiro atoms. The van der Waals surface area contributed by atoms with Crippen LogP contribution in [0, 0.1) is 0 Å². The molecule has 0 bridgehead atoms. The second kappa shape index (κ2) is 7.10. The van der Waals surface area contributed by atoms with Crippen LogP contribution >= 0.6 is 15.9 Å². The molecule has 0 amide bonds. The van der Waals surface area contributed by atoms with Gasteiger partial charge in [0, 0.05) is 23.0 Å². The highest BCUT2D eigenvalue weighted by Gasteiger charge is 2.19. The Labute approximate surface area is 135 Å². The minimum Gasteiger partial charge on any atom is -0.497 e. The van der Waals surface area contributed by atoms with Crippen LogP contribution in [-0.4, -0.2) is 13.7 Å². The normalized spacial score (nSPS) is 11.4. The van der Waals surface area contributed by atoms with E-state index in [4.69, 9.17) is 4.74 Å². The van der Waals surface area contributed by atoms with E-state index in [0.29, 0.717) is 0 Å². The maximum absolute atomic E-state index is 5.28. The maximum Gasteiger partial charge on any atom is 0.119 e. The van der Waals surface area contributed by atoms with Gasteiger partial charge >= 0.3 is 0 Å². The van der Waals surface area contributed by atoms with E-state index >= 15 is 0 Å². The molecule has 0 saturated heterocycles. The minimum atomic E-state index is 0.104. The fourth-order valence-electron chi connectivity index (χ4n) is 2.31. The lowest BCUT2D eigenvalue weighted by atomic mass is 9.84. The zero-order valence-electron chi connectivity index (χ0n) is 12.8. The van der Waals surface area contributed by atoms with Gasteiger partial charge in [-0.15, -0.1) is 0 Å². The SMILES string of the molecule is COc1ccc(Br)c(CNCC(C)(C)c2ccccc2)c1. The first kappa shape index (κ1) is 16.1. The van der Waals surface area contributed by atoms with Crippen molar-refractivity contribution in [1.29, 1.82) is 0 Å². The van der Waals surface area contributed by atoms with Crippen LogP contribution in [0.5, 0.6) is 5.75 Å². The molecule has 0 unspecified atom stereocenters. The molecule has 0 aliphatic rings. The molecule has 0 heterocycles. The lowest BCUT2D eigenvalue weighted by molar-refractivity contribution is 0.413. The second-order valence-electron chi connectivity index (χ2n) is 5.81. The van der Waals surface area contributed by atoms with E-state index in [1.165, 1.54) is 11.1 Å². The molecule has 1 N–H and O–H groups in total. The van der Waals surface area contributed by atoms with Crippen LogP contribution in [0.4, 0.5) is 0 Å². The van der Waals surface area contributed by atoms with E-state index < -0.39 is 0 Å². The van der Waals surface area contributed by atoms with Gasteiger partial charge in [-0.1, -0.05) is 60.1 Å². The first-order valence-corrected chi connectivity index (χ1v) is 7.91. The largest absolute Gasteiger partial charge is 0.497 e. The average Bonchev–Trinajstić information content (AvgIpc) is 2.50. The van der Waals surface area contributed by atoms with Gasteiger partial charge in [0.25, 0.3) is 0 Å². The molecule has 0 radical (unpaired) electrons. The quantitative estimate of drug-likeness (QED) is 0.828. The van der Waals surface area contributed by atoms with Gasteiger partial charge in [-0.25, -0.2) is 0 Å². The molecular formula is C18H22BrNO. The minimum absolute atomic E-state index is 0.104. The highest BCUT2D eigenvalue weighted by molar-refractivity contribution is 9.10. The summed E-state index contributed by atoms with van der Waals surface area (Å²) in [5.74, 6) is 0.886. The fourth-order valence-corrected chi connectivity index (χ4v) is 2.70.